The molecule has 6 heteroatoms. The Kier molecular flexibility index (Phi) is 4.44. The van der Waals surface area contributed by atoms with Crippen LogP contribution in [0, 0.1) is 11.8 Å². The Morgan fingerprint density at radius 1 is 0.690 bits per heavy atom. The van der Waals surface area contributed by atoms with Crippen LogP contribution in [0.25, 0.3) is 0 Å². The van der Waals surface area contributed by atoms with E-state index in [-0.39, 0.29) is 5.56 Å². The average Bonchev–Trinajstić information content (AvgIpc) is 2.97. The highest BCUT2D eigenvalue weighted by Crippen LogP contribution is 2.30. The molecule has 3 aromatic carbocycles. The normalized spacial score (nSPS) is 13.1. The first-order valence-electron chi connectivity index (χ1n) is 8.62. The van der Waals surface area contributed by atoms with Gasteiger partial charge in [0.15, 0.2) is 0 Å². The summed E-state index contributed by atoms with van der Waals surface area (Å²) in [7, 11) is 0. The molecular weight excluding hydrogens is 379 g/mol. The number of amides is 2. The number of fused-ring (bicyclic) bond motifs is 1. The predicted molar refractivity (Wildman–Crippen MR) is 101 cm³/mol. The molecule has 0 aromatic heterocycles. The van der Waals surface area contributed by atoms with Crippen molar-refractivity contribution in [3.63, 3.8) is 0 Å². The minimum absolute atomic E-state index is 0.240. The van der Waals surface area contributed by atoms with Gasteiger partial charge in [-0.2, -0.15) is 13.2 Å². The minimum atomic E-state index is -4.42. The van der Waals surface area contributed by atoms with E-state index < -0.39 is 23.6 Å². The van der Waals surface area contributed by atoms with Gasteiger partial charge < -0.3 is 0 Å². The van der Waals surface area contributed by atoms with Gasteiger partial charge in [0.1, 0.15) is 0 Å². The number of alkyl halides is 3. The van der Waals surface area contributed by atoms with Crippen molar-refractivity contribution in [2.24, 2.45) is 0 Å². The monoisotopic (exact) mass is 391 g/mol. The van der Waals surface area contributed by atoms with Crippen LogP contribution >= 0.6 is 0 Å². The second-order valence-electron chi connectivity index (χ2n) is 6.37. The lowest BCUT2D eigenvalue weighted by molar-refractivity contribution is -0.137. The first kappa shape index (κ1) is 18.5. The molecule has 1 aliphatic heterocycles. The minimum Gasteiger partial charge on any atom is -0.268 e. The lowest BCUT2D eigenvalue weighted by Crippen LogP contribution is -2.29. The van der Waals surface area contributed by atoms with Crippen molar-refractivity contribution in [3.05, 3.63) is 101 Å². The third-order valence-electron chi connectivity index (χ3n) is 4.46. The molecule has 4 rings (SSSR count). The van der Waals surface area contributed by atoms with Crippen LogP contribution in [0.2, 0.25) is 0 Å². The smallest absolute Gasteiger partial charge is 0.268 e. The third-order valence-corrected chi connectivity index (χ3v) is 4.46. The van der Waals surface area contributed by atoms with E-state index in [4.69, 9.17) is 0 Å². The summed E-state index contributed by atoms with van der Waals surface area (Å²) in [6, 6.07) is 17.7. The van der Waals surface area contributed by atoms with Gasteiger partial charge in [-0.15, -0.1) is 0 Å². The molecule has 0 radical (unpaired) electrons. The van der Waals surface area contributed by atoms with Crippen molar-refractivity contribution in [2.75, 3.05) is 4.90 Å². The Morgan fingerprint density at radius 3 is 1.86 bits per heavy atom. The van der Waals surface area contributed by atoms with Crippen LogP contribution in [0.4, 0.5) is 18.9 Å². The molecule has 0 saturated heterocycles. The summed E-state index contributed by atoms with van der Waals surface area (Å²) in [6.07, 6.45) is -4.42. The highest BCUT2D eigenvalue weighted by molar-refractivity contribution is 6.34. The fourth-order valence-corrected chi connectivity index (χ4v) is 3.04. The Hall–Kier alpha value is -3.85. The fourth-order valence-electron chi connectivity index (χ4n) is 3.04. The van der Waals surface area contributed by atoms with Gasteiger partial charge in [0.25, 0.3) is 11.8 Å². The molecule has 142 valence electrons. The molecule has 1 heterocycles. The van der Waals surface area contributed by atoms with E-state index in [1.807, 2.05) is 0 Å². The zero-order chi connectivity index (χ0) is 20.6. The summed E-state index contributed by atoms with van der Waals surface area (Å²) in [5.41, 5.74) is 1.13. The van der Waals surface area contributed by atoms with Gasteiger partial charge in [-0.25, -0.2) is 4.90 Å². The third kappa shape index (κ3) is 3.50. The number of carbonyl (C=O) groups excluding carboxylic acids is 2. The van der Waals surface area contributed by atoms with E-state index in [1.54, 1.807) is 48.5 Å². The van der Waals surface area contributed by atoms with Crippen molar-refractivity contribution in [3.8, 4) is 11.8 Å². The Labute approximate surface area is 164 Å². The molecule has 0 aliphatic carbocycles. The van der Waals surface area contributed by atoms with Crippen LogP contribution in [-0.4, -0.2) is 11.8 Å². The molecule has 0 fully saturated rings. The molecule has 3 aromatic rings. The van der Waals surface area contributed by atoms with Crippen molar-refractivity contribution in [1.82, 2.24) is 0 Å². The van der Waals surface area contributed by atoms with E-state index in [0.29, 0.717) is 22.4 Å². The molecule has 0 spiro atoms. The number of halogens is 3. The predicted octanol–water partition coefficient (Wildman–Crippen LogP) is 4.91. The molecule has 0 N–H and O–H groups in total. The summed E-state index contributed by atoms with van der Waals surface area (Å²) in [5.74, 6) is 4.70. The van der Waals surface area contributed by atoms with Crippen LogP contribution in [0.5, 0.6) is 0 Å². The first-order valence-corrected chi connectivity index (χ1v) is 8.62. The number of anilines is 1. The molecule has 0 bridgehead atoms. The summed E-state index contributed by atoms with van der Waals surface area (Å²) in [4.78, 5) is 26.1. The second kappa shape index (κ2) is 6.95. The maximum absolute atomic E-state index is 12.8. The van der Waals surface area contributed by atoms with E-state index in [0.717, 1.165) is 17.0 Å². The largest absolute Gasteiger partial charge is 0.416 e. The quantitative estimate of drug-likeness (QED) is 0.437. The first-order chi connectivity index (χ1) is 13.8. The van der Waals surface area contributed by atoms with Crippen molar-refractivity contribution < 1.29 is 22.8 Å². The molecule has 29 heavy (non-hydrogen) atoms. The maximum Gasteiger partial charge on any atom is 0.416 e. The van der Waals surface area contributed by atoms with Gasteiger partial charge >= 0.3 is 6.18 Å². The second-order valence-corrected chi connectivity index (χ2v) is 6.37. The standard InChI is InChI=1S/C23H12F3NO2/c24-23(25,26)17-5-3-4-16(14-17)9-8-15-10-12-18(13-11-15)27-21(28)19-6-1-2-7-20(19)22(27)29/h1-7,10-14H. The van der Waals surface area contributed by atoms with E-state index >= 15 is 0 Å². The van der Waals surface area contributed by atoms with Crippen molar-refractivity contribution in [1.29, 1.82) is 0 Å². The van der Waals surface area contributed by atoms with Crippen LogP contribution in [0.3, 0.4) is 0 Å². The van der Waals surface area contributed by atoms with Gasteiger partial charge in [-0.1, -0.05) is 30.0 Å². The SMILES string of the molecule is O=C1c2ccccc2C(=O)N1c1ccc(C#Cc2cccc(C(F)(F)F)c2)cc1. The number of rotatable bonds is 1. The zero-order valence-electron chi connectivity index (χ0n) is 14.8. The topological polar surface area (TPSA) is 37.4 Å². The number of hydrogen-bond donors (Lipinski definition) is 0. The van der Waals surface area contributed by atoms with Gasteiger partial charge in [-0.05, 0) is 54.6 Å². The van der Waals surface area contributed by atoms with Crippen molar-refractivity contribution >= 4 is 17.5 Å². The number of nitrogens with zero attached hydrogens (tertiary/aromatic N) is 1. The summed E-state index contributed by atoms with van der Waals surface area (Å²) < 4.78 is 38.3. The summed E-state index contributed by atoms with van der Waals surface area (Å²) >= 11 is 0. The van der Waals surface area contributed by atoms with Gasteiger partial charge in [0.05, 0.1) is 22.4 Å². The van der Waals surface area contributed by atoms with Crippen LogP contribution < -0.4 is 4.90 Å². The molecule has 2 amide bonds. The maximum atomic E-state index is 12.8. The summed E-state index contributed by atoms with van der Waals surface area (Å²) in [6.45, 7) is 0. The average molecular weight is 391 g/mol. The Balaban J connectivity index is 1.57. The summed E-state index contributed by atoms with van der Waals surface area (Å²) in [5, 5.41) is 0. The Bertz CT molecular complexity index is 1150. The van der Waals surface area contributed by atoms with Crippen LogP contribution in [0.15, 0.2) is 72.8 Å². The number of hydrogen-bond acceptors (Lipinski definition) is 2. The number of benzene rings is 3. The lowest BCUT2D eigenvalue weighted by Gasteiger charge is -2.13. The van der Waals surface area contributed by atoms with Crippen LogP contribution in [-0.2, 0) is 6.18 Å². The molecule has 3 nitrogen and oxygen atoms in total. The van der Waals surface area contributed by atoms with Crippen molar-refractivity contribution in [2.45, 2.75) is 6.18 Å². The van der Waals surface area contributed by atoms with Gasteiger partial charge in [0.2, 0.25) is 0 Å². The van der Waals surface area contributed by atoms with E-state index in [1.165, 1.54) is 12.1 Å². The molecule has 0 unspecified atom stereocenters. The Morgan fingerprint density at radius 2 is 1.28 bits per heavy atom. The number of imide groups is 1. The highest BCUT2D eigenvalue weighted by atomic mass is 19.4. The van der Waals surface area contributed by atoms with Crippen LogP contribution in [0.1, 0.15) is 37.4 Å². The fraction of sp³-hybridized carbons (Fsp3) is 0.0435. The van der Waals surface area contributed by atoms with Gasteiger partial charge in [-0.3, -0.25) is 9.59 Å². The molecule has 0 saturated carbocycles. The number of carbonyl (C=O) groups is 2. The molecule has 1 aliphatic rings. The highest BCUT2D eigenvalue weighted by Gasteiger charge is 2.36. The van der Waals surface area contributed by atoms with E-state index in [9.17, 15) is 22.8 Å². The molecular formula is C23H12F3NO2. The molecule has 0 atom stereocenters. The zero-order valence-corrected chi connectivity index (χ0v) is 14.8. The lowest BCUT2D eigenvalue weighted by atomic mass is 10.1. The van der Waals surface area contributed by atoms with E-state index in [2.05, 4.69) is 11.8 Å². The van der Waals surface area contributed by atoms with Gasteiger partial charge in [0, 0.05) is 11.1 Å².